The van der Waals surface area contributed by atoms with Crippen molar-refractivity contribution >= 4 is 37.0 Å². The number of quaternary nitrogens is 2. The number of carbonyl (C=O) groups is 4. The van der Waals surface area contributed by atoms with Crippen LogP contribution in [0.5, 0.6) is 0 Å². The molecule has 3 fully saturated rings. The van der Waals surface area contributed by atoms with Crippen LogP contribution in [-0.2, 0) is 24.3 Å². The summed E-state index contributed by atoms with van der Waals surface area (Å²) in [6.45, 7) is 10.1. The van der Waals surface area contributed by atoms with Crippen molar-refractivity contribution in [2.75, 3.05) is 46.0 Å². The molecule has 21 heteroatoms. The van der Waals surface area contributed by atoms with Crippen LogP contribution in [0, 0.1) is 20.8 Å². The largest absolute Gasteiger partial charge is 0.536 e. The van der Waals surface area contributed by atoms with E-state index >= 15 is 4.79 Å². The first kappa shape index (κ1) is 47.7. The SMILES string of the molecule is [CH2-]C(O)COOC=NCCCCCCN1C(=O)[N+]2(CCCCCC2/N=C\OOCC([CH2-])O)C(=O)[N+]2(CCCCCC2NC(=O)OCC([CH2-])O)C1=O.[Rf].[Rf].[Rf]. The van der Waals surface area contributed by atoms with Crippen LogP contribution in [0.3, 0.4) is 0 Å². The number of carbonyl (C=O) groups excluding carboxylic acids is 4. The number of alkyl carbamates (subject to hydrolysis) is 1. The molecule has 3 saturated heterocycles. The first-order valence-corrected chi connectivity index (χ1v) is 17.7. The summed E-state index contributed by atoms with van der Waals surface area (Å²) in [7, 11) is 0. The number of unbranched alkanes of at least 4 members (excludes halogenated alkanes) is 3. The number of hydrogen-bond donors (Lipinski definition) is 4. The second kappa shape index (κ2) is 23.3. The first-order valence-electron chi connectivity index (χ1n) is 17.7. The van der Waals surface area contributed by atoms with E-state index in [4.69, 9.17) is 29.4 Å². The Balaban J connectivity index is 0.00000936. The minimum Gasteiger partial charge on any atom is -0.450 e. The fraction of sp³-hybridized carbons (Fsp3) is 0.727. The maximum absolute atomic E-state index is 15.2. The second-order valence-corrected chi connectivity index (χ2v) is 13.0. The average Bonchev–Trinajstić information content (AvgIpc) is 3.43. The van der Waals surface area contributed by atoms with Gasteiger partial charge >= 0.3 is 24.2 Å². The fourth-order valence-corrected chi connectivity index (χ4v) is 6.60. The molecule has 0 aromatic carbocycles. The van der Waals surface area contributed by atoms with Gasteiger partial charge in [0.2, 0.25) is 19.0 Å². The van der Waals surface area contributed by atoms with Crippen molar-refractivity contribution in [3.8, 4) is 0 Å². The summed E-state index contributed by atoms with van der Waals surface area (Å²) in [6, 6.07) is -2.05. The number of aliphatic imine (C=N–C) groups is 2. The van der Waals surface area contributed by atoms with Gasteiger partial charge in [-0.15, -0.1) is 8.97 Å². The number of aliphatic hydroxyl groups excluding tert-OH is 3. The summed E-state index contributed by atoms with van der Waals surface area (Å²) in [5.41, 5.74) is 0. The van der Waals surface area contributed by atoms with Crippen LogP contribution >= 0.6 is 0 Å². The Hall–Kier alpha value is -6.26. The van der Waals surface area contributed by atoms with E-state index in [1.807, 2.05) is 0 Å². The number of nitrogens with one attached hydrogen (secondary N) is 1. The van der Waals surface area contributed by atoms with E-state index < -0.39 is 63.8 Å². The molecule has 0 bridgehead atoms. The number of imide groups is 3. The van der Waals surface area contributed by atoms with Crippen molar-refractivity contribution in [1.82, 2.24) is 10.2 Å². The predicted octanol–water partition coefficient (Wildman–Crippen LogP) is 2.92. The van der Waals surface area contributed by atoms with Crippen LogP contribution in [0.4, 0.5) is 19.2 Å². The van der Waals surface area contributed by atoms with E-state index in [9.17, 15) is 24.6 Å². The van der Waals surface area contributed by atoms with Gasteiger partial charge in [0.1, 0.15) is 13.1 Å². The zero-order valence-corrected chi connectivity index (χ0v) is 50.7. The molecule has 296 valence electrons. The average molecular weight is 1530 g/mol. The maximum Gasteiger partial charge on any atom is 0.536 e. The molecule has 0 aromatic rings. The van der Waals surface area contributed by atoms with Gasteiger partial charge in [0.25, 0.3) is 0 Å². The smallest absolute Gasteiger partial charge is 0.450 e. The van der Waals surface area contributed by atoms with Crippen LogP contribution < -0.4 is 5.32 Å². The van der Waals surface area contributed by atoms with E-state index in [0.717, 1.165) is 30.5 Å². The Morgan fingerprint density at radius 2 is 1.33 bits per heavy atom. The monoisotopic (exact) mass is 1530 g/mol. The Labute approximate surface area is 299 Å². The predicted molar refractivity (Wildman–Crippen MR) is 181 cm³/mol. The summed E-state index contributed by atoms with van der Waals surface area (Å²) >= 11 is 0. The van der Waals surface area contributed by atoms with Crippen molar-refractivity contribution in [2.24, 2.45) is 9.98 Å². The molecule has 7 atom stereocenters. The zero-order valence-electron chi connectivity index (χ0n) is 31.5. The number of aliphatic hydroxyl groups is 3. The first-order chi connectivity index (χ1) is 24.5. The van der Waals surface area contributed by atoms with Gasteiger partial charge in [-0.3, -0.25) is 10.3 Å². The molecule has 3 aliphatic heterocycles. The van der Waals surface area contributed by atoms with Gasteiger partial charge in [0, 0.05) is 25.9 Å². The van der Waals surface area contributed by atoms with Gasteiger partial charge < -0.3 is 50.6 Å². The third-order valence-corrected chi connectivity index (χ3v) is 8.99. The van der Waals surface area contributed by atoms with Gasteiger partial charge in [-0.1, -0.05) is 12.8 Å². The molecule has 7 unspecified atom stereocenters. The van der Waals surface area contributed by atoms with Crippen molar-refractivity contribution in [3.05, 3.63) is 20.8 Å². The molecule has 0 radical (unpaired) electrons. The minimum atomic E-state index is -1.17. The maximum atomic E-state index is 15.2. The number of rotatable bonds is 19. The van der Waals surface area contributed by atoms with Crippen LogP contribution in [0.15, 0.2) is 9.98 Å². The van der Waals surface area contributed by atoms with E-state index in [0.29, 0.717) is 64.3 Å². The van der Waals surface area contributed by atoms with Gasteiger partial charge in [0.15, 0.2) is 6.17 Å². The number of amides is 7. The molecule has 54 heavy (non-hydrogen) atoms. The van der Waals surface area contributed by atoms with Crippen molar-refractivity contribution in [1.29, 1.82) is 0 Å². The minimum absolute atomic E-state index is 0. The molecular formula is C33H55N6O12Rf3-. The molecule has 0 aliphatic carbocycles. The fourth-order valence-electron chi connectivity index (χ4n) is 6.60. The van der Waals surface area contributed by atoms with Crippen molar-refractivity contribution in [3.63, 3.8) is 0 Å². The Morgan fingerprint density at radius 1 is 0.778 bits per heavy atom. The zero-order chi connectivity index (χ0) is 37.3. The van der Waals surface area contributed by atoms with Crippen molar-refractivity contribution < 1.29 is 67.8 Å². The van der Waals surface area contributed by atoms with Crippen LogP contribution in [0.2, 0.25) is 0 Å². The standard InChI is InChI=1S/C33H55N6O12.3Rf/c1-25(40)20-47-30(43)36-29-15-9-7-13-19-39(29)32(45)37(17-11-5-4-10-16-34-23-50-48-21-26(2)41)31(44)38(33(39)46)18-12-6-8-14-28(38)35-24-51-49-22-27(3)42;;;/h23-29,40-42H,1-22H2,(H,36,43);;;/q-1;;;/b34-23?,35-24-;;;. The van der Waals surface area contributed by atoms with Crippen LogP contribution in [-0.4, -0.2) is 143 Å². The number of ether oxygens (including phenoxy) is 1. The molecule has 0 saturated carbocycles. The van der Waals surface area contributed by atoms with E-state index in [1.54, 1.807) is 0 Å². The Bertz CT molecular complexity index is 1200. The quantitative estimate of drug-likeness (QED) is 0.0280. The molecule has 18 nitrogen and oxygen atoms in total. The molecule has 7 amide bonds. The molecular weight excluding hydrogens is 1470 g/mol. The summed E-state index contributed by atoms with van der Waals surface area (Å²) in [5.74, 6) is 0. The molecule has 4 N–H and O–H groups in total. The van der Waals surface area contributed by atoms with Gasteiger partial charge in [-0.25, -0.2) is 14.4 Å². The van der Waals surface area contributed by atoms with Gasteiger partial charge in [-0.05, 0) is 69.7 Å². The number of nitrogens with zero attached hydrogens (tertiary/aromatic N) is 5. The summed E-state index contributed by atoms with van der Waals surface area (Å²) in [4.78, 5) is 86.6. The molecule has 2 spiro atoms. The summed E-state index contributed by atoms with van der Waals surface area (Å²) in [6.07, 6.45) is 2.94. The van der Waals surface area contributed by atoms with Crippen LogP contribution in [0.1, 0.15) is 77.0 Å². The van der Waals surface area contributed by atoms with Gasteiger partial charge in [-0.2, -0.15) is 24.5 Å². The Morgan fingerprint density at radius 3 is 1.96 bits per heavy atom. The van der Waals surface area contributed by atoms with Crippen molar-refractivity contribution in [2.45, 2.75) is 108 Å². The molecule has 3 aliphatic rings. The van der Waals surface area contributed by atoms with E-state index in [1.165, 1.54) is 0 Å². The van der Waals surface area contributed by atoms with Gasteiger partial charge in [0.05, 0.1) is 19.8 Å². The Kier molecular flexibility index (Phi) is 20.6. The molecule has 3 heterocycles. The normalized spacial score (nSPS) is 26.3. The summed E-state index contributed by atoms with van der Waals surface area (Å²) in [5, 5.41) is 30.7. The van der Waals surface area contributed by atoms with E-state index in [-0.39, 0.29) is 45.9 Å². The number of urea groups is 3. The third kappa shape index (κ3) is 12.2. The second-order valence-electron chi connectivity index (χ2n) is 13.0. The molecule has 0 aromatic heterocycles. The van der Waals surface area contributed by atoms with Crippen LogP contribution in [0.25, 0.3) is 0 Å². The number of hydrogen-bond acceptors (Lipinski definition) is 14. The topological polar surface area (TPSA) is 215 Å². The van der Waals surface area contributed by atoms with E-state index in [2.05, 4.69) is 36.1 Å². The summed E-state index contributed by atoms with van der Waals surface area (Å²) < 4.78 is 3.54. The molecule has 3 rings (SSSR count). The third-order valence-electron chi connectivity index (χ3n) is 8.99.